The number of hydrogen-bond acceptors (Lipinski definition) is 5. The van der Waals surface area contributed by atoms with Crippen LogP contribution < -0.4 is 10.5 Å². The topological polar surface area (TPSA) is 107 Å². The summed E-state index contributed by atoms with van der Waals surface area (Å²) >= 11 is 11.7. The van der Waals surface area contributed by atoms with Gasteiger partial charge in [0.1, 0.15) is 16.7 Å². The van der Waals surface area contributed by atoms with Gasteiger partial charge < -0.3 is 10.5 Å². The summed E-state index contributed by atoms with van der Waals surface area (Å²) in [5.41, 5.74) is 2.99. The first-order valence-corrected chi connectivity index (χ1v) is 9.10. The standard InChI is InChI=1S/C18H11Cl2F4N5O2/c1-17(6-25,7-29-27-14-12(20)5-11(19)13(21)15(14)28-29)10-4-8(31-18(22,23)24)2-3-9(10)16(26)30/h2-5H,7H2,1H3,(H2,26,30). The second-order valence-corrected chi connectivity index (χ2v) is 7.46. The number of halogens is 6. The minimum absolute atomic E-state index is 0.00436. The Bertz CT molecular complexity index is 1240. The summed E-state index contributed by atoms with van der Waals surface area (Å²) in [6.07, 6.45) is -5.00. The second-order valence-electron chi connectivity index (χ2n) is 6.65. The summed E-state index contributed by atoms with van der Waals surface area (Å²) in [6, 6.07) is 5.83. The van der Waals surface area contributed by atoms with Crippen LogP contribution in [0.15, 0.2) is 24.3 Å². The number of nitrogens with two attached hydrogens (primary N) is 1. The molecule has 1 amide bonds. The number of nitriles is 1. The monoisotopic (exact) mass is 475 g/mol. The van der Waals surface area contributed by atoms with Gasteiger partial charge in [-0.15, -0.1) is 13.2 Å². The summed E-state index contributed by atoms with van der Waals surface area (Å²) in [7, 11) is 0. The van der Waals surface area contributed by atoms with E-state index in [0.29, 0.717) is 0 Å². The maximum atomic E-state index is 14.3. The molecule has 3 rings (SSSR count). The number of nitrogens with zero attached hydrogens (tertiary/aromatic N) is 4. The van der Waals surface area contributed by atoms with E-state index < -0.39 is 29.3 Å². The lowest BCUT2D eigenvalue weighted by Crippen LogP contribution is -2.31. The van der Waals surface area contributed by atoms with Crippen LogP contribution in [-0.4, -0.2) is 27.3 Å². The normalized spacial score (nSPS) is 13.6. The van der Waals surface area contributed by atoms with Crippen molar-refractivity contribution in [2.24, 2.45) is 5.73 Å². The number of alkyl halides is 3. The Balaban J connectivity index is 2.12. The van der Waals surface area contributed by atoms with Gasteiger partial charge in [-0.3, -0.25) is 4.79 Å². The van der Waals surface area contributed by atoms with E-state index in [2.05, 4.69) is 14.9 Å². The van der Waals surface area contributed by atoms with Gasteiger partial charge in [-0.05, 0) is 36.8 Å². The summed E-state index contributed by atoms with van der Waals surface area (Å²) < 4.78 is 56.0. The van der Waals surface area contributed by atoms with Crippen molar-refractivity contribution >= 4 is 40.1 Å². The Kier molecular flexibility index (Phi) is 5.73. The van der Waals surface area contributed by atoms with Crippen LogP contribution in [-0.2, 0) is 12.0 Å². The molecule has 0 radical (unpaired) electrons. The molecule has 2 N–H and O–H groups in total. The zero-order valence-electron chi connectivity index (χ0n) is 15.5. The van der Waals surface area contributed by atoms with Crippen LogP contribution in [0.4, 0.5) is 17.6 Å². The van der Waals surface area contributed by atoms with E-state index in [1.807, 2.05) is 6.07 Å². The quantitative estimate of drug-likeness (QED) is 0.435. The van der Waals surface area contributed by atoms with E-state index in [-0.39, 0.29) is 38.8 Å². The third-order valence-corrected chi connectivity index (χ3v) is 4.90. The third-order valence-electron chi connectivity index (χ3n) is 4.34. The SMILES string of the molecule is CC(C#N)(Cn1nc2c(Cl)cc(Cl)c(F)c2n1)c1cc(OC(F)(F)F)ccc1C(N)=O. The maximum Gasteiger partial charge on any atom is 0.573 e. The summed E-state index contributed by atoms with van der Waals surface area (Å²) in [5, 5.41) is 17.5. The Hall–Kier alpha value is -3.10. The first kappa shape index (κ1) is 22.6. The average Bonchev–Trinajstić information content (AvgIpc) is 3.09. The van der Waals surface area contributed by atoms with Crippen molar-refractivity contribution in [1.29, 1.82) is 5.26 Å². The van der Waals surface area contributed by atoms with Crippen LogP contribution in [0.3, 0.4) is 0 Å². The lowest BCUT2D eigenvalue weighted by molar-refractivity contribution is -0.274. The molecule has 1 unspecified atom stereocenters. The van der Waals surface area contributed by atoms with Gasteiger partial charge in [-0.2, -0.15) is 20.3 Å². The van der Waals surface area contributed by atoms with Gasteiger partial charge in [-0.1, -0.05) is 23.2 Å². The highest BCUT2D eigenvalue weighted by molar-refractivity contribution is 6.38. The summed E-state index contributed by atoms with van der Waals surface area (Å²) in [5.74, 6) is -2.52. The molecule has 1 atom stereocenters. The van der Waals surface area contributed by atoms with Crippen molar-refractivity contribution < 1.29 is 27.1 Å². The zero-order valence-corrected chi connectivity index (χ0v) is 17.0. The molecule has 0 aliphatic rings. The molecule has 31 heavy (non-hydrogen) atoms. The van der Waals surface area contributed by atoms with Crippen LogP contribution in [0, 0.1) is 17.1 Å². The molecule has 0 saturated heterocycles. The van der Waals surface area contributed by atoms with Gasteiger partial charge in [0.2, 0.25) is 5.91 Å². The van der Waals surface area contributed by atoms with Gasteiger partial charge >= 0.3 is 6.36 Å². The fourth-order valence-corrected chi connectivity index (χ4v) is 3.43. The minimum Gasteiger partial charge on any atom is -0.406 e. The van der Waals surface area contributed by atoms with E-state index in [1.165, 1.54) is 6.92 Å². The highest BCUT2D eigenvalue weighted by atomic mass is 35.5. The van der Waals surface area contributed by atoms with Crippen molar-refractivity contribution in [3.63, 3.8) is 0 Å². The first-order chi connectivity index (χ1) is 14.3. The van der Waals surface area contributed by atoms with Crippen molar-refractivity contribution in [2.75, 3.05) is 0 Å². The number of ether oxygens (including phenoxy) is 1. The number of amides is 1. The van der Waals surface area contributed by atoms with E-state index in [0.717, 1.165) is 29.1 Å². The van der Waals surface area contributed by atoms with Crippen LogP contribution >= 0.6 is 23.2 Å². The Morgan fingerprint density at radius 2 is 1.87 bits per heavy atom. The number of carbonyl (C=O) groups excluding carboxylic acids is 1. The molecule has 162 valence electrons. The van der Waals surface area contributed by atoms with E-state index in [9.17, 15) is 27.6 Å². The second kappa shape index (κ2) is 7.86. The lowest BCUT2D eigenvalue weighted by Gasteiger charge is -2.24. The van der Waals surface area contributed by atoms with E-state index in [4.69, 9.17) is 28.9 Å². The van der Waals surface area contributed by atoms with E-state index in [1.54, 1.807) is 0 Å². The average molecular weight is 476 g/mol. The molecule has 0 bridgehead atoms. The van der Waals surface area contributed by atoms with Crippen molar-refractivity contribution in [3.05, 3.63) is 51.3 Å². The third kappa shape index (κ3) is 4.50. The molecular formula is C18H11Cl2F4N5O2. The predicted octanol–water partition coefficient (Wildman–Crippen LogP) is 4.36. The highest BCUT2D eigenvalue weighted by Crippen LogP contribution is 2.34. The molecular weight excluding hydrogens is 465 g/mol. The molecule has 0 aliphatic heterocycles. The number of rotatable bonds is 5. The largest absolute Gasteiger partial charge is 0.573 e. The van der Waals surface area contributed by atoms with Crippen LogP contribution in [0.5, 0.6) is 5.75 Å². The number of hydrogen-bond donors (Lipinski definition) is 1. The van der Waals surface area contributed by atoms with Gasteiger partial charge in [0.25, 0.3) is 0 Å². The fraction of sp³-hybridized carbons (Fsp3) is 0.222. The molecule has 0 fully saturated rings. The molecule has 7 nitrogen and oxygen atoms in total. The highest BCUT2D eigenvalue weighted by Gasteiger charge is 2.36. The Morgan fingerprint density at radius 1 is 1.23 bits per heavy atom. The van der Waals surface area contributed by atoms with Gasteiger partial charge in [0.15, 0.2) is 11.3 Å². The fourth-order valence-electron chi connectivity index (χ4n) is 2.94. The molecule has 3 aromatic rings. The van der Waals surface area contributed by atoms with Gasteiger partial charge in [0, 0.05) is 5.56 Å². The first-order valence-electron chi connectivity index (χ1n) is 8.34. The zero-order chi connectivity index (χ0) is 23.1. The molecule has 13 heteroatoms. The molecule has 1 heterocycles. The molecule has 0 aliphatic carbocycles. The molecule has 2 aromatic carbocycles. The van der Waals surface area contributed by atoms with Crippen molar-refractivity contribution in [1.82, 2.24) is 15.0 Å². The number of carbonyl (C=O) groups is 1. The smallest absolute Gasteiger partial charge is 0.406 e. The lowest BCUT2D eigenvalue weighted by atomic mass is 9.81. The predicted molar refractivity (Wildman–Crippen MR) is 102 cm³/mol. The van der Waals surface area contributed by atoms with Crippen molar-refractivity contribution in [3.8, 4) is 11.8 Å². The van der Waals surface area contributed by atoms with E-state index >= 15 is 0 Å². The van der Waals surface area contributed by atoms with Gasteiger partial charge in [-0.25, -0.2) is 4.39 Å². The molecule has 0 saturated carbocycles. The number of benzene rings is 2. The number of aromatic nitrogens is 3. The Morgan fingerprint density at radius 3 is 2.45 bits per heavy atom. The summed E-state index contributed by atoms with van der Waals surface area (Å²) in [4.78, 5) is 12.8. The van der Waals surface area contributed by atoms with Crippen molar-refractivity contribution in [2.45, 2.75) is 25.2 Å². The summed E-state index contributed by atoms with van der Waals surface area (Å²) in [6.45, 7) is 0.937. The van der Waals surface area contributed by atoms with Gasteiger partial charge in [0.05, 0.1) is 22.7 Å². The Labute approximate surface area is 181 Å². The maximum absolute atomic E-state index is 14.3. The van der Waals surface area contributed by atoms with Crippen LogP contribution in [0.2, 0.25) is 10.0 Å². The molecule has 0 spiro atoms. The molecule has 1 aromatic heterocycles. The van der Waals surface area contributed by atoms with Crippen LogP contribution in [0.25, 0.3) is 11.0 Å². The minimum atomic E-state index is -5.00. The van der Waals surface area contributed by atoms with Crippen LogP contribution in [0.1, 0.15) is 22.8 Å². The number of primary amides is 1. The number of fused-ring (bicyclic) bond motifs is 1.